The standard InChI is InChI=1S/C9H13NO2/c1-4-5-6-8(7(2)10)9(11)12-3/h4-6H,2,10H2,1,3H3/b5-4-,8-6+. The summed E-state index contributed by atoms with van der Waals surface area (Å²) in [7, 11) is 1.30. The zero-order chi connectivity index (χ0) is 9.56. The molecule has 0 heterocycles. The summed E-state index contributed by atoms with van der Waals surface area (Å²) in [5, 5.41) is 0. The molecule has 0 aliphatic carbocycles. The fourth-order valence-electron chi connectivity index (χ4n) is 0.609. The smallest absolute Gasteiger partial charge is 0.339 e. The number of esters is 1. The molecule has 0 aliphatic heterocycles. The van der Waals surface area contributed by atoms with Gasteiger partial charge in [0.2, 0.25) is 0 Å². The molecular formula is C9H13NO2. The zero-order valence-corrected chi connectivity index (χ0v) is 7.33. The van der Waals surface area contributed by atoms with Crippen molar-refractivity contribution in [3.8, 4) is 0 Å². The second-order valence-electron chi connectivity index (χ2n) is 2.12. The Balaban J connectivity index is 4.66. The third kappa shape index (κ3) is 3.05. The van der Waals surface area contributed by atoms with Crippen LogP contribution in [-0.4, -0.2) is 13.1 Å². The van der Waals surface area contributed by atoms with Crippen LogP contribution in [0.5, 0.6) is 0 Å². The van der Waals surface area contributed by atoms with Gasteiger partial charge in [-0.05, 0) is 13.0 Å². The van der Waals surface area contributed by atoms with Gasteiger partial charge in [-0.25, -0.2) is 4.79 Å². The minimum Gasteiger partial charge on any atom is -0.465 e. The predicted octanol–water partition coefficient (Wildman–Crippen LogP) is 1.13. The molecule has 0 aromatic heterocycles. The van der Waals surface area contributed by atoms with Gasteiger partial charge in [0.1, 0.15) is 0 Å². The zero-order valence-electron chi connectivity index (χ0n) is 7.33. The molecule has 2 N–H and O–H groups in total. The van der Waals surface area contributed by atoms with Crippen molar-refractivity contribution in [1.29, 1.82) is 0 Å². The van der Waals surface area contributed by atoms with E-state index in [1.807, 2.05) is 6.92 Å². The predicted molar refractivity (Wildman–Crippen MR) is 48.2 cm³/mol. The lowest BCUT2D eigenvalue weighted by molar-refractivity contribution is -0.135. The average molecular weight is 167 g/mol. The normalized spacial score (nSPS) is 11.7. The van der Waals surface area contributed by atoms with Gasteiger partial charge in [0.15, 0.2) is 0 Å². The number of carbonyl (C=O) groups excluding carboxylic acids is 1. The van der Waals surface area contributed by atoms with Crippen molar-refractivity contribution in [2.45, 2.75) is 6.92 Å². The summed E-state index contributed by atoms with van der Waals surface area (Å²) in [6, 6.07) is 0. The van der Waals surface area contributed by atoms with Crippen molar-refractivity contribution in [2.24, 2.45) is 5.73 Å². The van der Waals surface area contributed by atoms with Gasteiger partial charge in [-0.1, -0.05) is 18.7 Å². The van der Waals surface area contributed by atoms with E-state index >= 15 is 0 Å². The van der Waals surface area contributed by atoms with E-state index in [-0.39, 0.29) is 11.3 Å². The second-order valence-corrected chi connectivity index (χ2v) is 2.12. The number of carbonyl (C=O) groups is 1. The van der Waals surface area contributed by atoms with Crippen LogP contribution in [0.2, 0.25) is 0 Å². The molecule has 0 aromatic rings. The quantitative estimate of drug-likeness (QED) is 0.389. The molecule has 0 amide bonds. The Morgan fingerprint density at radius 2 is 2.17 bits per heavy atom. The molecule has 0 aromatic carbocycles. The van der Waals surface area contributed by atoms with Gasteiger partial charge in [0, 0.05) is 5.70 Å². The lowest BCUT2D eigenvalue weighted by Gasteiger charge is -2.01. The first-order valence-electron chi connectivity index (χ1n) is 3.49. The van der Waals surface area contributed by atoms with Gasteiger partial charge < -0.3 is 10.5 Å². The fourth-order valence-corrected chi connectivity index (χ4v) is 0.609. The molecule has 0 fully saturated rings. The largest absolute Gasteiger partial charge is 0.465 e. The average Bonchev–Trinajstić information content (AvgIpc) is 2.04. The van der Waals surface area contributed by atoms with Gasteiger partial charge in [-0.3, -0.25) is 0 Å². The molecule has 0 spiro atoms. The van der Waals surface area contributed by atoms with Gasteiger partial charge in [0.25, 0.3) is 0 Å². The lowest BCUT2D eigenvalue weighted by Crippen LogP contribution is -2.11. The molecule has 0 unspecified atom stereocenters. The monoisotopic (exact) mass is 167 g/mol. The van der Waals surface area contributed by atoms with Crippen LogP contribution >= 0.6 is 0 Å². The van der Waals surface area contributed by atoms with E-state index in [1.54, 1.807) is 18.2 Å². The van der Waals surface area contributed by atoms with Crippen LogP contribution in [-0.2, 0) is 9.53 Å². The van der Waals surface area contributed by atoms with Crippen LogP contribution in [0.3, 0.4) is 0 Å². The van der Waals surface area contributed by atoms with Crippen LogP contribution in [0.15, 0.2) is 36.1 Å². The first-order valence-corrected chi connectivity index (χ1v) is 3.49. The van der Waals surface area contributed by atoms with Crippen molar-refractivity contribution in [3.63, 3.8) is 0 Å². The Morgan fingerprint density at radius 1 is 1.58 bits per heavy atom. The number of hydrogen-bond acceptors (Lipinski definition) is 3. The second kappa shape index (κ2) is 5.18. The third-order valence-electron chi connectivity index (χ3n) is 1.21. The first kappa shape index (κ1) is 10.5. The van der Waals surface area contributed by atoms with Crippen LogP contribution in [0.25, 0.3) is 0 Å². The molecule has 0 bridgehead atoms. The van der Waals surface area contributed by atoms with Gasteiger partial charge in [-0.2, -0.15) is 0 Å². The minimum atomic E-state index is -0.472. The Morgan fingerprint density at radius 3 is 2.50 bits per heavy atom. The number of ether oxygens (including phenoxy) is 1. The van der Waals surface area contributed by atoms with E-state index in [9.17, 15) is 4.79 Å². The molecule has 0 saturated carbocycles. The third-order valence-corrected chi connectivity index (χ3v) is 1.21. The molecule has 3 heteroatoms. The first-order chi connectivity index (χ1) is 5.63. The van der Waals surface area contributed by atoms with Crippen LogP contribution in [0, 0.1) is 0 Å². The summed E-state index contributed by atoms with van der Waals surface area (Å²) in [6.07, 6.45) is 5.05. The Bertz CT molecular complexity index is 239. The van der Waals surface area contributed by atoms with Gasteiger partial charge in [-0.15, -0.1) is 0 Å². The van der Waals surface area contributed by atoms with Crippen LogP contribution in [0.4, 0.5) is 0 Å². The summed E-state index contributed by atoms with van der Waals surface area (Å²) in [5.74, 6) is -0.472. The van der Waals surface area contributed by atoms with Crippen LogP contribution < -0.4 is 5.73 Å². The van der Waals surface area contributed by atoms with Crippen molar-refractivity contribution in [1.82, 2.24) is 0 Å². The Kier molecular flexibility index (Phi) is 4.53. The van der Waals surface area contributed by atoms with E-state index in [4.69, 9.17) is 5.73 Å². The number of allylic oxidation sites excluding steroid dienone is 3. The Labute approximate surface area is 72.2 Å². The van der Waals surface area contributed by atoms with E-state index in [0.29, 0.717) is 0 Å². The molecule has 0 radical (unpaired) electrons. The van der Waals surface area contributed by atoms with Crippen molar-refractivity contribution in [3.05, 3.63) is 36.1 Å². The van der Waals surface area contributed by atoms with E-state index < -0.39 is 5.97 Å². The summed E-state index contributed by atoms with van der Waals surface area (Å²) >= 11 is 0. The number of methoxy groups -OCH3 is 1. The summed E-state index contributed by atoms with van der Waals surface area (Å²) in [4.78, 5) is 11.0. The van der Waals surface area contributed by atoms with Crippen molar-refractivity contribution >= 4 is 5.97 Å². The van der Waals surface area contributed by atoms with Crippen molar-refractivity contribution in [2.75, 3.05) is 7.11 Å². The van der Waals surface area contributed by atoms with E-state index in [0.717, 1.165) is 0 Å². The summed E-state index contributed by atoms with van der Waals surface area (Å²) < 4.78 is 4.49. The molecule has 66 valence electrons. The maximum absolute atomic E-state index is 11.0. The maximum Gasteiger partial charge on any atom is 0.339 e. The highest BCUT2D eigenvalue weighted by Crippen LogP contribution is 2.03. The Hall–Kier alpha value is -1.51. The summed E-state index contributed by atoms with van der Waals surface area (Å²) in [6.45, 7) is 5.29. The molecular weight excluding hydrogens is 154 g/mol. The maximum atomic E-state index is 11.0. The lowest BCUT2D eigenvalue weighted by atomic mass is 10.2. The van der Waals surface area contributed by atoms with Gasteiger partial charge >= 0.3 is 5.97 Å². The SMILES string of the molecule is C=C(N)/C(=C\C=C/C)C(=O)OC. The highest BCUT2D eigenvalue weighted by molar-refractivity contribution is 5.93. The van der Waals surface area contributed by atoms with Crippen molar-refractivity contribution < 1.29 is 9.53 Å². The minimum absolute atomic E-state index is 0.208. The summed E-state index contributed by atoms with van der Waals surface area (Å²) in [5.41, 5.74) is 5.85. The van der Waals surface area contributed by atoms with Crippen LogP contribution in [0.1, 0.15) is 6.92 Å². The van der Waals surface area contributed by atoms with E-state index in [2.05, 4.69) is 11.3 Å². The molecule has 0 saturated heterocycles. The fraction of sp³-hybridized carbons (Fsp3) is 0.222. The number of rotatable bonds is 3. The van der Waals surface area contributed by atoms with Gasteiger partial charge in [0.05, 0.1) is 12.7 Å². The molecule has 0 aliphatic rings. The highest BCUT2D eigenvalue weighted by atomic mass is 16.5. The number of hydrogen-bond donors (Lipinski definition) is 1. The van der Waals surface area contributed by atoms with E-state index in [1.165, 1.54) is 7.11 Å². The highest BCUT2D eigenvalue weighted by Gasteiger charge is 2.08. The molecule has 0 atom stereocenters. The number of nitrogens with two attached hydrogens (primary N) is 1. The molecule has 3 nitrogen and oxygen atoms in total. The molecule has 0 rings (SSSR count). The topological polar surface area (TPSA) is 52.3 Å². The molecule has 12 heavy (non-hydrogen) atoms.